The Morgan fingerprint density at radius 3 is 2.56 bits per heavy atom. The van der Waals surface area contributed by atoms with E-state index in [0.717, 1.165) is 72.2 Å². The lowest BCUT2D eigenvalue weighted by molar-refractivity contribution is 0.0675. The lowest BCUT2D eigenvalue weighted by Gasteiger charge is -2.33. The highest BCUT2D eigenvalue weighted by Gasteiger charge is 2.34. The summed E-state index contributed by atoms with van der Waals surface area (Å²) in [5.41, 5.74) is 3.84. The molecule has 1 aliphatic carbocycles. The highest BCUT2D eigenvalue weighted by molar-refractivity contribution is 5.87. The van der Waals surface area contributed by atoms with E-state index in [0.29, 0.717) is 38.0 Å². The number of carbonyl (C=O) groups is 1. The van der Waals surface area contributed by atoms with Gasteiger partial charge in [0.25, 0.3) is 0 Å². The van der Waals surface area contributed by atoms with Gasteiger partial charge in [-0.1, -0.05) is 18.2 Å². The number of ether oxygens (including phenoxy) is 1. The van der Waals surface area contributed by atoms with E-state index < -0.39 is 6.09 Å². The van der Waals surface area contributed by atoms with Crippen LogP contribution in [0.5, 0.6) is 0 Å². The molecule has 1 atom stereocenters. The first kappa shape index (κ1) is 24.1. The number of anilines is 2. The standard InChI is InChI=1S/C28H32N8O3/c37-28(38)35-11-9-34(10-12-35)27-31-23-17-30-36(21-7-13-39-14-8-21)25(23)26(33-27)32-24(18-5-6-18)20-15-19-3-1-2-4-22(19)29-16-20/h1-4,15-18,21,24H,5-14H2,(H,37,38)(H,31,32,33)/t24-/m1/s1. The van der Waals surface area contributed by atoms with Crippen LogP contribution >= 0.6 is 0 Å². The number of piperazine rings is 1. The van der Waals surface area contributed by atoms with Crippen molar-refractivity contribution in [3.05, 3.63) is 48.3 Å². The minimum Gasteiger partial charge on any atom is -0.465 e. The molecule has 3 fully saturated rings. The maximum Gasteiger partial charge on any atom is 0.407 e. The average Bonchev–Trinajstić information content (AvgIpc) is 3.73. The summed E-state index contributed by atoms with van der Waals surface area (Å²) in [4.78, 5) is 29.7. The molecule has 1 saturated carbocycles. The Hall–Kier alpha value is -3.99. The molecule has 11 heteroatoms. The molecule has 3 aromatic heterocycles. The van der Waals surface area contributed by atoms with Crippen molar-refractivity contribution >= 4 is 39.8 Å². The second-order valence-electron chi connectivity index (χ2n) is 10.7. The van der Waals surface area contributed by atoms with Crippen molar-refractivity contribution in [3.8, 4) is 0 Å². The fourth-order valence-corrected chi connectivity index (χ4v) is 5.81. The van der Waals surface area contributed by atoms with Gasteiger partial charge >= 0.3 is 6.09 Å². The summed E-state index contributed by atoms with van der Waals surface area (Å²) in [6, 6.07) is 10.7. The van der Waals surface area contributed by atoms with Gasteiger partial charge in [-0.2, -0.15) is 10.1 Å². The highest BCUT2D eigenvalue weighted by atomic mass is 16.5. The summed E-state index contributed by atoms with van der Waals surface area (Å²) in [6.07, 6.45) is 7.04. The number of aromatic nitrogens is 5. The summed E-state index contributed by atoms with van der Waals surface area (Å²) < 4.78 is 7.69. The van der Waals surface area contributed by atoms with Gasteiger partial charge in [-0.3, -0.25) is 9.67 Å². The Bertz CT molecular complexity index is 1510. The van der Waals surface area contributed by atoms with Crippen molar-refractivity contribution in [3.63, 3.8) is 0 Å². The second kappa shape index (κ2) is 9.96. The van der Waals surface area contributed by atoms with Crippen LogP contribution in [0.4, 0.5) is 16.6 Å². The summed E-state index contributed by atoms with van der Waals surface area (Å²) >= 11 is 0. The summed E-state index contributed by atoms with van der Waals surface area (Å²) in [7, 11) is 0. The number of fused-ring (bicyclic) bond motifs is 2. The molecule has 0 bridgehead atoms. The van der Waals surface area contributed by atoms with Crippen LogP contribution in [-0.4, -0.2) is 80.2 Å². The molecule has 1 amide bonds. The molecule has 2 N–H and O–H groups in total. The van der Waals surface area contributed by atoms with Crippen LogP contribution in [0, 0.1) is 5.92 Å². The minimum atomic E-state index is -0.887. The predicted octanol–water partition coefficient (Wildman–Crippen LogP) is 4.09. The number of benzene rings is 1. The van der Waals surface area contributed by atoms with E-state index in [1.54, 1.807) is 0 Å². The third-order valence-corrected chi connectivity index (χ3v) is 8.16. The van der Waals surface area contributed by atoms with E-state index in [2.05, 4.69) is 27.0 Å². The molecule has 202 valence electrons. The van der Waals surface area contributed by atoms with Crippen molar-refractivity contribution < 1.29 is 14.6 Å². The molecule has 0 radical (unpaired) electrons. The number of nitrogens with one attached hydrogen (secondary N) is 1. The molecule has 2 saturated heterocycles. The fraction of sp³-hybridized carbons (Fsp3) is 0.464. The average molecular weight is 529 g/mol. The normalized spacial score (nSPS) is 19.5. The van der Waals surface area contributed by atoms with Gasteiger partial charge in [-0.05, 0) is 49.3 Å². The summed E-state index contributed by atoms with van der Waals surface area (Å²) in [5, 5.41) is 19.1. The maximum absolute atomic E-state index is 11.4. The molecule has 3 aliphatic rings. The molecular weight excluding hydrogens is 496 g/mol. The quantitative estimate of drug-likeness (QED) is 0.381. The van der Waals surface area contributed by atoms with Gasteiger partial charge in [0, 0.05) is 51.0 Å². The number of amides is 1. The van der Waals surface area contributed by atoms with E-state index in [4.69, 9.17) is 24.8 Å². The number of carboxylic acid groups (broad SMARTS) is 1. The van der Waals surface area contributed by atoms with Gasteiger partial charge in [0.2, 0.25) is 5.95 Å². The SMILES string of the molecule is O=C(O)N1CCN(c2nc(N[C@@H](c3cnc4ccccc4c3)C3CC3)c3c(cnn3C3CCOCC3)n2)CC1. The van der Waals surface area contributed by atoms with E-state index in [-0.39, 0.29) is 12.1 Å². The van der Waals surface area contributed by atoms with E-state index in [1.165, 1.54) is 4.90 Å². The first-order valence-electron chi connectivity index (χ1n) is 13.8. The van der Waals surface area contributed by atoms with E-state index in [1.807, 2.05) is 30.6 Å². The molecule has 0 spiro atoms. The monoisotopic (exact) mass is 528 g/mol. The number of nitrogens with zero attached hydrogens (tertiary/aromatic N) is 7. The van der Waals surface area contributed by atoms with Gasteiger partial charge in [-0.15, -0.1) is 0 Å². The number of pyridine rings is 1. The van der Waals surface area contributed by atoms with Crippen LogP contribution in [0.15, 0.2) is 42.7 Å². The van der Waals surface area contributed by atoms with Gasteiger partial charge in [0.05, 0.1) is 23.8 Å². The van der Waals surface area contributed by atoms with Crippen LogP contribution in [-0.2, 0) is 4.74 Å². The minimum absolute atomic E-state index is 0.0648. The zero-order valence-corrected chi connectivity index (χ0v) is 21.7. The van der Waals surface area contributed by atoms with Crippen LogP contribution in [0.3, 0.4) is 0 Å². The first-order chi connectivity index (χ1) is 19.1. The Labute approximate surface area is 225 Å². The van der Waals surface area contributed by atoms with Crippen LogP contribution < -0.4 is 10.2 Å². The van der Waals surface area contributed by atoms with Crippen molar-refractivity contribution in [2.45, 2.75) is 37.8 Å². The molecule has 2 aliphatic heterocycles. The smallest absolute Gasteiger partial charge is 0.407 e. The predicted molar refractivity (Wildman–Crippen MR) is 147 cm³/mol. The number of hydrogen-bond acceptors (Lipinski definition) is 8. The molecule has 11 nitrogen and oxygen atoms in total. The number of para-hydroxylation sites is 1. The van der Waals surface area contributed by atoms with Crippen LogP contribution in [0.2, 0.25) is 0 Å². The Morgan fingerprint density at radius 1 is 1.00 bits per heavy atom. The number of hydrogen-bond donors (Lipinski definition) is 2. The molecular formula is C28H32N8O3. The lowest BCUT2D eigenvalue weighted by atomic mass is 10.0. The van der Waals surface area contributed by atoms with Crippen molar-refractivity contribution in [2.24, 2.45) is 5.92 Å². The fourth-order valence-electron chi connectivity index (χ4n) is 5.81. The zero-order chi connectivity index (χ0) is 26.3. The second-order valence-corrected chi connectivity index (χ2v) is 10.7. The van der Waals surface area contributed by atoms with Gasteiger partial charge in [0.1, 0.15) is 11.0 Å². The first-order valence-corrected chi connectivity index (χ1v) is 13.8. The van der Waals surface area contributed by atoms with Gasteiger partial charge in [0.15, 0.2) is 5.82 Å². The highest BCUT2D eigenvalue weighted by Crippen LogP contribution is 2.44. The van der Waals surface area contributed by atoms with Crippen molar-refractivity contribution in [1.29, 1.82) is 0 Å². The Balaban J connectivity index is 1.28. The molecule has 39 heavy (non-hydrogen) atoms. The maximum atomic E-state index is 11.4. The summed E-state index contributed by atoms with van der Waals surface area (Å²) in [6.45, 7) is 3.38. The van der Waals surface area contributed by atoms with Crippen molar-refractivity contribution in [1.82, 2.24) is 29.6 Å². The van der Waals surface area contributed by atoms with E-state index >= 15 is 0 Å². The summed E-state index contributed by atoms with van der Waals surface area (Å²) in [5.74, 6) is 1.87. The lowest BCUT2D eigenvalue weighted by Crippen LogP contribution is -2.48. The largest absolute Gasteiger partial charge is 0.465 e. The van der Waals surface area contributed by atoms with Crippen LogP contribution in [0.1, 0.15) is 43.3 Å². The molecule has 0 unspecified atom stereocenters. The third kappa shape index (κ3) is 4.71. The zero-order valence-electron chi connectivity index (χ0n) is 21.7. The molecule has 1 aromatic carbocycles. The van der Waals surface area contributed by atoms with Crippen LogP contribution in [0.25, 0.3) is 21.9 Å². The molecule has 5 heterocycles. The van der Waals surface area contributed by atoms with E-state index in [9.17, 15) is 9.90 Å². The topological polar surface area (TPSA) is 122 Å². The Kier molecular flexibility index (Phi) is 6.15. The number of rotatable bonds is 6. The van der Waals surface area contributed by atoms with Crippen molar-refractivity contribution in [2.75, 3.05) is 49.6 Å². The molecule has 4 aromatic rings. The van der Waals surface area contributed by atoms with Gasteiger partial charge < -0.3 is 25.0 Å². The Morgan fingerprint density at radius 2 is 1.79 bits per heavy atom. The molecule has 7 rings (SSSR count). The van der Waals surface area contributed by atoms with Gasteiger partial charge in [-0.25, -0.2) is 9.78 Å². The third-order valence-electron chi connectivity index (χ3n) is 8.16.